The summed E-state index contributed by atoms with van der Waals surface area (Å²) in [5.41, 5.74) is -3.08. The molecule has 0 saturated heterocycles. The molecule has 0 aliphatic rings. The van der Waals surface area contributed by atoms with Gasteiger partial charge in [0, 0.05) is 4.88 Å². The van der Waals surface area contributed by atoms with Crippen LogP contribution in [0.15, 0.2) is 11.4 Å². The molecule has 16 heavy (non-hydrogen) atoms. The SMILES string of the molecule is Cc1ccsc1C(O)(CC(=O)O)C(F)(F)F. The molecule has 0 aliphatic heterocycles. The summed E-state index contributed by atoms with van der Waals surface area (Å²) in [5.74, 6) is -1.70. The van der Waals surface area contributed by atoms with Gasteiger partial charge in [-0.25, -0.2) is 0 Å². The molecular weight excluding hydrogens is 245 g/mol. The monoisotopic (exact) mass is 254 g/mol. The number of carbonyl (C=O) groups is 1. The molecule has 1 aromatic heterocycles. The van der Waals surface area contributed by atoms with Crippen molar-refractivity contribution in [1.82, 2.24) is 0 Å². The standard InChI is InChI=1S/C9H9F3O3S/c1-5-2-3-16-7(5)8(15,4-6(13)14)9(10,11)12/h2-3,15H,4H2,1H3,(H,13,14). The molecule has 0 spiro atoms. The molecular formula is C9H9F3O3S. The van der Waals surface area contributed by atoms with Crippen molar-refractivity contribution >= 4 is 17.3 Å². The van der Waals surface area contributed by atoms with Gasteiger partial charge in [-0.3, -0.25) is 4.79 Å². The highest BCUT2D eigenvalue weighted by Crippen LogP contribution is 2.44. The first-order valence-corrected chi connectivity index (χ1v) is 5.12. The van der Waals surface area contributed by atoms with E-state index < -0.39 is 24.2 Å². The number of carboxylic acids is 1. The van der Waals surface area contributed by atoms with Crippen molar-refractivity contribution < 1.29 is 28.2 Å². The summed E-state index contributed by atoms with van der Waals surface area (Å²) in [4.78, 5) is 10.0. The van der Waals surface area contributed by atoms with E-state index >= 15 is 0 Å². The van der Waals surface area contributed by atoms with Crippen molar-refractivity contribution in [3.63, 3.8) is 0 Å². The number of aliphatic hydroxyl groups is 1. The Labute approximate surface area is 93.1 Å². The minimum absolute atomic E-state index is 0.228. The van der Waals surface area contributed by atoms with Crippen molar-refractivity contribution in [2.24, 2.45) is 0 Å². The Morgan fingerprint density at radius 2 is 2.06 bits per heavy atom. The second-order valence-corrected chi connectivity index (χ2v) is 4.28. The summed E-state index contributed by atoms with van der Waals surface area (Å²) >= 11 is 0.692. The average molecular weight is 254 g/mol. The van der Waals surface area contributed by atoms with E-state index in [2.05, 4.69) is 0 Å². The van der Waals surface area contributed by atoms with Crippen LogP contribution in [-0.2, 0) is 10.4 Å². The molecule has 0 aromatic carbocycles. The van der Waals surface area contributed by atoms with Crippen molar-refractivity contribution in [1.29, 1.82) is 0 Å². The van der Waals surface area contributed by atoms with Crippen LogP contribution in [-0.4, -0.2) is 22.4 Å². The van der Waals surface area contributed by atoms with Crippen LogP contribution < -0.4 is 0 Å². The number of rotatable bonds is 3. The number of hydrogen-bond donors (Lipinski definition) is 2. The zero-order valence-corrected chi connectivity index (χ0v) is 9.02. The number of thiophene rings is 1. The zero-order valence-electron chi connectivity index (χ0n) is 8.21. The van der Waals surface area contributed by atoms with Gasteiger partial charge in [0.2, 0.25) is 5.60 Å². The van der Waals surface area contributed by atoms with Gasteiger partial charge in [-0.2, -0.15) is 13.2 Å². The molecule has 0 bridgehead atoms. The van der Waals surface area contributed by atoms with E-state index in [4.69, 9.17) is 5.11 Å². The van der Waals surface area contributed by atoms with Gasteiger partial charge >= 0.3 is 12.1 Å². The van der Waals surface area contributed by atoms with Gasteiger partial charge < -0.3 is 10.2 Å². The molecule has 0 fully saturated rings. The van der Waals surface area contributed by atoms with Gasteiger partial charge in [-0.1, -0.05) is 0 Å². The summed E-state index contributed by atoms with van der Waals surface area (Å²) in [7, 11) is 0. The molecule has 0 saturated carbocycles. The van der Waals surface area contributed by atoms with E-state index in [-0.39, 0.29) is 10.4 Å². The Balaban J connectivity index is 3.26. The van der Waals surface area contributed by atoms with E-state index in [1.54, 1.807) is 0 Å². The molecule has 90 valence electrons. The highest BCUT2D eigenvalue weighted by Gasteiger charge is 2.57. The summed E-state index contributed by atoms with van der Waals surface area (Å²) in [5, 5.41) is 19.4. The number of hydrogen-bond acceptors (Lipinski definition) is 3. The molecule has 3 nitrogen and oxygen atoms in total. The predicted molar refractivity (Wildman–Crippen MR) is 51.3 cm³/mol. The number of halogens is 3. The van der Waals surface area contributed by atoms with E-state index in [1.807, 2.05) is 0 Å². The van der Waals surface area contributed by atoms with E-state index in [9.17, 15) is 23.1 Å². The largest absolute Gasteiger partial charge is 0.481 e. The van der Waals surface area contributed by atoms with Crippen LogP contribution in [0.3, 0.4) is 0 Å². The number of carboxylic acid groups (broad SMARTS) is 1. The van der Waals surface area contributed by atoms with Crippen LogP contribution in [0.1, 0.15) is 16.9 Å². The Hall–Kier alpha value is -1.08. The summed E-state index contributed by atoms with van der Waals surface area (Å²) < 4.78 is 38.1. The topological polar surface area (TPSA) is 57.5 Å². The van der Waals surface area contributed by atoms with Gasteiger partial charge in [0.15, 0.2) is 0 Å². The van der Waals surface area contributed by atoms with Gasteiger partial charge in [-0.05, 0) is 23.9 Å². The lowest BCUT2D eigenvalue weighted by molar-refractivity contribution is -0.267. The Bertz CT molecular complexity index is 399. The second kappa shape index (κ2) is 4.06. The molecule has 1 unspecified atom stereocenters. The summed E-state index contributed by atoms with van der Waals surface area (Å²) in [6.07, 6.45) is -6.40. The minimum atomic E-state index is -5.01. The molecule has 1 atom stereocenters. The maximum atomic E-state index is 12.7. The van der Waals surface area contributed by atoms with Crippen LogP contribution in [0.4, 0.5) is 13.2 Å². The molecule has 0 radical (unpaired) electrons. The van der Waals surface area contributed by atoms with Crippen molar-refractivity contribution in [3.8, 4) is 0 Å². The van der Waals surface area contributed by atoms with Gasteiger partial charge in [0.1, 0.15) is 0 Å². The Kier molecular flexibility index (Phi) is 3.30. The van der Waals surface area contributed by atoms with Crippen LogP contribution in [0.5, 0.6) is 0 Å². The van der Waals surface area contributed by atoms with Crippen molar-refractivity contribution in [3.05, 3.63) is 21.9 Å². The van der Waals surface area contributed by atoms with Gasteiger partial charge in [-0.15, -0.1) is 11.3 Å². The molecule has 7 heteroatoms. The third-order valence-corrected chi connectivity index (χ3v) is 3.28. The highest BCUT2D eigenvalue weighted by molar-refractivity contribution is 7.10. The lowest BCUT2D eigenvalue weighted by Crippen LogP contribution is -2.43. The fourth-order valence-electron chi connectivity index (χ4n) is 1.32. The lowest BCUT2D eigenvalue weighted by Gasteiger charge is -2.28. The third kappa shape index (κ3) is 2.19. The number of aryl methyl sites for hydroxylation is 1. The quantitative estimate of drug-likeness (QED) is 0.870. The molecule has 1 rings (SSSR count). The Morgan fingerprint density at radius 1 is 1.50 bits per heavy atom. The first-order chi connectivity index (χ1) is 7.18. The molecule has 1 heterocycles. The van der Waals surface area contributed by atoms with E-state index in [1.165, 1.54) is 18.4 Å². The highest BCUT2D eigenvalue weighted by atomic mass is 32.1. The maximum absolute atomic E-state index is 12.7. The fraction of sp³-hybridized carbons (Fsp3) is 0.444. The van der Waals surface area contributed by atoms with Crippen LogP contribution in [0.25, 0.3) is 0 Å². The molecule has 1 aromatic rings. The zero-order chi connectivity index (χ0) is 12.6. The summed E-state index contributed by atoms with van der Waals surface area (Å²) in [6, 6.07) is 1.40. The minimum Gasteiger partial charge on any atom is -0.481 e. The lowest BCUT2D eigenvalue weighted by atomic mass is 9.94. The van der Waals surface area contributed by atoms with Gasteiger partial charge in [0.05, 0.1) is 6.42 Å². The van der Waals surface area contributed by atoms with Crippen molar-refractivity contribution in [2.45, 2.75) is 25.1 Å². The third-order valence-electron chi connectivity index (χ3n) is 2.11. The molecule has 0 aliphatic carbocycles. The van der Waals surface area contributed by atoms with Crippen molar-refractivity contribution in [2.75, 3.05) is 0 Å². The maximum Gasteiger partial charge on any atom is 0.422 e. The molecule has 2 N–H and O–H groups in total. The fourth-order valence-corrected chi connectivity index (χ4v) is 2.37. The Morgan fingerprint density at radius 3 is 2.38 bits per heavy atom. The summed E-state index contributed by atoms with van der Waals surface area (Å²) in [6.45, 7) is 1.39. The number of alkyl halides is 3. The number of aliphatic carboxylic acids is 1. The van der Waals surface area contributed by atoms with E-state index in [0.29, 0.717) is 11.3 Å². The average Bonchev–Trinajstić information content (AvgIpc) is 2.48. The first-order valence-electron chi connectivity index (χ1n) is 4.24. The van der Waals surface area contributed by atoms with Gasteiger partial charge in [0.25, 0.3) is 0 Å². The molecule has 0 amide bonds. The first kappa shape index (κ1) is 13.0. The van der Waals surface area contributed by atoms with Crippen LogP contribution >= 0.6 is 11.3 Å². The predicted octanol–water partition coefficient (Wildman–Crippen LogP) is 2.28. The normalized spacial score (nSPS) is 15.8. The second-order valence-electron chi connectivity index (χ2n) is 3.36. The van der Waals surface area contributed by atoms with Crippen LogP contribution in [0, 0.1) is 6.92 Å². The van der Waals surface area contributed by atoms with Crippen LogP contribution in [0.2, 0.25) is 0 Å². The van der Waals surface area contributed by atoms with E-state index in [0.717, 1.165) is 0 Å². The smallest absolute Gasteiger partial charge is 0.422 e.